The Balaban J connectivity index is 1.88. The predicted molar refractivity (Wildman–Crippen MR) is 193 cm³/mol. The quantitative estimate of drug-likeness (QED) is 0.143. The van der Waals surface area contributed by atoms with Gasteiger partial charge in [-0.15, -0.1) is 0 Å². The number of nitrogens with zero attached hydrogens (tertiary/aromatic N) is 2. The molecule has 0 aliphatic carbocycles. The Morgan fingerprint density at radius 1 is 0.896 bits per heavy atom. The molecule has 8 nitrogen and oxygen atoms in total. The maximum atomic E-state index is 14.7. The van der Waals surface area contributed by atoms with Gasteiger partial charge in [-0.2, -0.15) is 0 Å². The van der Waals surface area contributed by atoms with E-state index in [-0.39, 0.29) is 46.3 Å². The van der Waals surface area contributed by atoms with Gasteiger partial charge in [-0.25, -0.2) is 8.42 Å². The highest BCUT2D eigenvalue weighted by molar-refractivity contribution is 7.92. The number of carbonyl (C=O) groups is 2. The number of hydrogen-bond acceptors (Lipinski definition) is 5. The average Bonchev–Trinajstić information content (AvgIpc) is 3.06. The van der Waals surface area contributed by atoms with Crippen LogP contribution in [0.4, 0.5) is 5.69 Å². The van der Waals surface area contributed by atoms with Gasteiger partial charge < -0.3 is 15.0 Å². The van der Waals surface area contributed by atoms with Crippen LogP contribution in [-0.4, -0.2) is 50.9 Å². The summed E-state index contributed by atoms with van der Waals surface area (Å²) in [5.74, 6) is -0.857. The van der Waals surface area contributed by atoms with E-state index in [0.29, 0.717) is 22.0 Å². The summed E-state index contributed by atoms with van der Waals surface area (Å²) in [5, 5.41) is 3.95. The third-order valence-electron chi connectivity index (χ3n) is 7.93. The lowest BCUT2D eigenvalue weighted by Crippen LogP contribution is -2.54. The molecule has 2 amide bonds. The van der Waals surface area contributed by atoms with Crippen molar-refractivity contribution in [3.8, 4) is 5.75 Å². The van der Waals surface area contributed by atoms with E-state index < -0.39 is 28.5 Å². The molecule has 0 heterocycles. The van der Waals surface area contributed by atoms with Crippen molar-refractivity contribution >= 4 is 62.3 Å². The topological polar surface area (TPSA) is 96.0 Å². The Hall–Kier alpha value is -3.76. The highest BCUT2D eigenvalue weighted by Crippen LogP contribution is 2.35. The Morgan fingerprint density at radius 2 is 1.54 bits per heavy atom. The van der Waals surface area contributed by atoms with Crippen LogP contribution in [0.5, 0.6) is 5.75 Å². The summed E-state index contributed by atoms with van der Waals surface area (Å²) in [6.45, 7) is 4.88. The lowest BCUT2D eigenvalue weighted by atomic mass is 10.0. The Morgan fingerprint density at radius 3 is 2.17 bits per heavy atom. The zero-order valence-electron chi connectivity index (χ0n) is 27.1. The van der Waals surface area contributed by atoms with Crippen molar-refractivity contribution in [2.75, 3.05) is 18.0 Å². The summed E-state index contributed by atoms with van der Waals surface area (Å²) in [4.78, 5) is 30.1. The van der Waals surface area contributed by atoms with Gasteiger partial charge in [0.25, 0.3) is 10.0 Å². The number of halogens is 3. The number of benzene rings is 4. The van der Waals surface area contributed by atoms with Crippen LogP contribution < -0.4 is 14.4 Å². The number of anilines is 1. The van der Waals surface area contributed by atoms with E-state index in [4.69, 9.17) is 39.5 Å². The van der Waals surface area contributed by atoms with Crippen LogP contribution in [0.2, 0.25) is 15.1 Å². The van der Waals surface area contributed by atoms with Gasteiger partial charge in [-0.1, -0.05) is 95.8 Å². The van der Waals surface area contributed by atoms with Crippen molar-refractivity contribution in [1.82, 2.24) is 10.2 Å². The largest absolute Gasteiger partial charge is 0.495 e. The molecule has 254 valence electrons. The fraction of sp³-hybridized carbons (Fsp3) is 0.278. The molecule has 2 atom stereocenters. The van der Waals surface area contributed by atoms with Crippen LogP contribution >= 0.6 is 34.8 Å². The second-order valence-corrected chi connectivity index (χ2v) is 14.6. The van der Waals surface area contributed by atoms with E-state index in [1.54, 1.807) is 36.4 Å². The van der Waals surface area contributed by atoms with Gasteiger partial charge in [0.1, 0.15) is 18.3 Å². The highest BCUT2D eigenvalue weighted by atomic mass is 35.5. The number of hydrogen-bond donors (Lipinski definition) is 1. The third-order valence-corrected chi connectivity index (χ3v) is 10.5. The summed E-state index contributed by atoms with van der Waals surface area (Å²) in [6, 6.07) is 23.8. The van der Waals surface area contributed by atoms with Crippen molar-refractivity contribution in [1.29, 1.82) is 0 Å². The first-order chi connectivity index (χ1) is 22.8. The van der Waals surface area contributed by atoms with Crippen molar-refractivity contribution in [3.63, 3.8) is 0 Å². The number of amides is 2. The molecule has 1 N–H and O–H groups in total. The summed E-state index contributed by atoms with van der Waals surface area (Å²) >= 11 is 19.1. The second-order valence-electron chi connectivity index (χ2n) is 11.4. The molecule has 0 saturated heterocycles. The molecule has 0 bridgehead atoms. The van der Waals surface area contributed by atoms with Gasteiger partial charge in [0, 0.05) is 34.1 Å². The van der Waals surface area contributed by atoms with Gasteiger partial charge in [0.2, 0.25) is 11.8 Å². The van der Waals surface area contributed by atoms with Crippen molar-refractivity contribution in [3.05, 3.63) is 123 Å². The molecule has 4 rings (SSSR count). The van der Waals surface area contributed by atoms with Gasteiger partial charge in [-0.3, -0.25) is 13.9 Å². The summed E-state index contributed by atoms with van der Waals surface area (Å²) in [7, 11) is -2.96. The molecule has 0 aliphatic heterocycles. The van der Waals surface area contributed by atoms with E-state index in [1.165, 1.54) is 36.3 Å². The Bertz CT molecular complexity index is 1840. The molecule has 0 saturated carbocycles. The van der Waals surface area contributed by atoms with Crippen LogP contribution in [-0.2, 0) is 32.6 Å². The van der Waals surface area contributed by atoms with Crippen LogP contribution in [0.3, 0.4) is 0 Å². The number of aryl methyl sites for hydroxylation is 1. The molecule has 4 aromatic rings. The molecule has 48 heavy (non-hydrogen) atoms. The minimum atomic E-state index is -4.36. The van der Waals surface area contributed by atoms with Crippen molar-refractivity contribution in [2.45, 2.75) is 57.1 Å². The zero-order valence-corrected chi connectivity index (χ0v) is 30.2. The molecule has 0 radical (unpaired) electrons. The summed E-state index contributed by atoms with van der Waals surface area (Å²) in [6.07, 6.45) is 0.823. The lowest BCUT2D eigenvalue weighted by molar-refractivity contribution is -0.140. The molecule has 0 aliphatic rings. The number of methoxy groups -OCH3 is 1. The van der Waals surface area contributed by atoms with Crippen LogP contribution in [0.15, 0.2) is 95.9 Å². The van der Waals surface area contributed by atoms with Gasteiger partial charge in [0.05, 0.1) is 17.7 Å². The fourth-order valence-corrected chi connectivity index (χ4v) is 7.09. The lowest BCUT2D eigenvalue weighted by Gasteiger charge is -2.34. The number of nitrogens with one attached hydrogen (secondary N) is 1. The van der Waals surface area contributed by atoms with E-state index in [0.717, 1.165) is 15.4 Å². The third kappa shape index (κ3) is 9.23. The van der Waals surface area contributed by atoms with Crippen molar-refractivity contribution < 1.29 is 22.7 Å². The van der Waals surface area contributed by atoms with Gasteiger partial charge in [0.15, 0.2) is 0 Å². The van der Waals surface area contributed by atoms with Crippen LogP contribution in [0.25, 0.3) is 0 Å². The van der Waals surface area contributed by atoms with E-state index in [9.17, 15) is 18.0 Å². The molecule has 0 spiro atoms. The molecule has 12 heteroatoms. The maximum Gasteiger partial charge on any atom is 0.264 e. The smallest absolute Gasteiger partial charge is 0.264 e. The Kier molecular flexibility index (Phi) is 12.8. The van der Waals surface area contributed by atoms with Crippen LogP contribution in [0, 0.1) is 6.92 Å². The van der Waals surface area contributed by atoms with Gasteiger partial charge >= 0.3 is 0 Å². The summed E-state index contributed by atoms with van der Waals surface area (Å²) in [5.41, 5.74) is 2.26. The molecular weight excluding hydrogens is 693 g/mol. The molecular formula is C36H38Cl3N3O5S. The molecule has 0 aromatic heterocycles. The van der Waals surface area contributed by atoms with Crippen LogP contribution in [0.1, 0.15) is 37.0 Å². The predicted octanol–water partition coefficient (Wildman–Crippen LogP) is 7.71. The first-order valence-corrected chi connectivity index (χ1v) is 17.9. The fourth-order valence-electron chi connectivity index (χ4n) is 5.04. The molecule has 0 unspecified atom stereocenters. The Labute approximate surface area is 297 Å². The number of rotatable bonds is 14. The highest BCUT2D eigenvalue weighted by Gasteiger charge is 2.36. The zero-order chi connectivity index (χ0) is 35.0. The van der Waals surface area contributed by atoms with Crippen molar-refractivity contribution in [2.24, 2.45) is 0 Å². The van der Waals surface area contributed by atoms with Gasteiger partial charge in [-0.05, 0) is 73.9 Å². The minimum absolute atomic E-state index is 0.0365. The first kappa shape index (κ1) is 37.1. The maximum absolute atomic E-state index is 14.7. The van der Waals surface area contributed by atoms with E-state index in [1.807, 2.05) is 51.1 Å². The standard InChI is InChI=1S/C36H38Cl3N3O5S/c1-5-25(3)40-36(44)33(19-26-9-7-6-8-10-26)41(22-27-13-14-28(37)20-31(27)39)35(43)23-42(32-21-29(38)15-18-34(32)47-4)48(45,46)30-16-11-24(2)12-17-30/h6-18,20-21,25,33H,5,19,22-23H2,1-4H3,(H,40,44)/t25-,33-/m1/s1. The number of sulfonamides is 1. The molecule has 4 aromatic carbocycles. The SMILES string of the molecule is CC[C@@H](C)NC(=O)[C@@H](Cc1ccccc1)N(Cc1ccc(Cl)cc1Cl)C(=O)CN(c1cc(Cl)ccc1OC)S(=O)(=O)c1ccc(C)cc1. The van der Waals surface area contributed by atoms with E-state index >= 15 is 0 Å². The normalized spacial score (nSPS) is 12.6. The summed E-state index contributed by atoms with van der Waals surface area (Å²) < 4.78 is 35.2. The minimum Gasteiger partial charge on any atom is -0.495 e. The second kappa shape index (κ2) is 16.6. The number of carbonyl (C=O) groups excluding carboxylic acids is 2. The molecule has 0 fully saturated rings. The van der Waals surface area contributed by atoms with E-state index in [2.05, 4.69) is 5.32 Å². The number of ether oxygens (including phenoxy) is 1. The average molecular weight is 731 g/mol. The monoisotopic (exact) mass is 729 g/mol. The first-order valence-electron chi connectivity index (χ1n) is 15.3.